The minimum absolute atomic E-state index is 0.364. The number of nitrogens with one attached hydrogen (secondary N) is 1. The largest absolute Gasteiger partial charge is 0.461 e. The highest BCUT2D eigenvalue weighted by Crippen LogP contribution is 2.23. The predicted octanol–water partition coefficient (Wildman–Crippen LogP) is 1.59. The molecule has 1 aliphatic rings. The molecule has 0 aliphatic carbocycles. The Balaban J connectivity index is 1.92. The Morgan fingerprint density at radius 2 is 2.53 bits per heavy atom. The number of hydrogen-bond donors (Lipinski definition) is 1. The standard InChI is InChI=1S/C14H17N3O2/c1-2-19-14(18)12-9-17-6-4-10(7-13(17)16-12)11-3-5-15-8-11/h4,6-7,9,11,15H,2-3,5,8H2,1H3. The van der Waals surface area contributed by atoms with E-state index < -0.39 is 0 Å². The predicted molar refractivity (Wildman–Crippen MR) is 71.4 cm³/mol. The molecule has 1 aliphatic heterocycles. The SMILES string of the molecule is CCOC(=O)c1cn2ccc(C3CCNC3)cc2n1. The lowest BCUT2D eigenvalue weighted by Crippen LogP contribution is -2.08. The van der Waals surface area contributed by atoms with Gasteiger partial charge in [0.2, 0.25) is 0 Å². The third-order valence-corrected chi connectivity index (χ3v) is 3.50. The summed E-state index contributed by atoms with van der Waals surface area (Å²) in [5.41, 5.74) is 2.44. The van der Waals surface area contributed by atoms with E-state index in [9.17, 15) is 4.79 Å². The number of imidazole rings is 1. The van der Waals surface area contributed by atoms with Crippen molar-refractivity contribution in [1.82, 2.24) is 14.7 Å². The number of aromatic nitrogens is 2. The molecule has 0 bridgehead atoms. The van der Waals surface area contributed by atoms with E-state index in [-0.39, 0.29) is 5.97 Å². The Hall–Kier alpha value is -1.88. The summed E-state index contributed by atoms with van der Waals surface area (Å²) in [5, 5.41) is 3.36. The molecule has 2 aromatic rings. The van der Waals surface area contributed by atoms with Crippen LogP contribution in [0.15, 0.2) is 24.5 Å². The minimum atomic E-state index is -0.365. The fraction of sp³-hybridized carbons (Fsp3) is 0.429. The van der Waals surface area contributed by atoms with Crippen LogP contribution in [0.5, 0.6) is 0 Å². The van der Waals surface area contributed by atoms with E-state index in [1.807, 2.05) is 10.6 Å². The first-order valence-electron chi connectivity index (χ1n) is 6.64. The normalized spacial score (nSPS) is 18.9. The molecule has 0 saturated carbocycles. The number of pyridine rings is 1. The van der Waals surface area contributed by atoms with E-state index in [1.165, 1.54) is 5.56 Å². The van der Waals surface area contributed by atoms with Gasteiger partial charge >= 0.3 is 5.97 Å². The fourth-order valence-corrected chi connectivity index (χ4v) is 2.49. The third kappa shape index (κ3) is 2.33. The van der Waals surface area contributed by atoms with E-state index >= 15 is 0 Å². The molecule has 0 radical (unpaired) electrons. The molecule has 1 atom stereocenters. The summed E-state index contributed by atoms with van der Waals surface area (Å²) in [6.45, 7) is 4.24. The van der Waals surface area contributed by atoms with E-state index in [0.717, 1.165) is 25.2 Å². The Labute approximate surface area is 111 Å². The first-order valence-corrected chi connectivity index (χ1v) is 6.64. The topological polar surface area (TPSA) is 55.6 Å². The maximum absolute atomic E-state index is 11.6. The van der Waals surface area contributed by atoms with Crippen molar-refractivity contribution in [2.75, 3.05) is 19.7 Å². The Bertz CT molecular complexity index is 600. The van der Waals surface area contributed by atoms with Crippen LogP contribution in [0.1, 0.15) is 35.3 Å². The highest BCUT2D eigenvalue weighted by atomic mass is 16.5. The summed E-state index contributed by atoms with van der Waals surface area (Å²) < 4.78 is 6.82. The van der Waals surface area contributed by atoms with Crippen molar-refractivity contribution in [2.45, 2.75) is 19.3 Å². The van der Waals surface area contributed by atoms with Gasteiger partial charge in [0.15, 0.2) is 5.69 Å². The van der Waals surface area contributed by atoms with Crippen molar-refractivity contribution in [3.05, 3.63) is 35.8 Å². The van der Waals surface area contributed by atoms with Gasteiger partial charge in [0, 0.05) is 18.9 Å². The second-order valence-corrected chi connectivity index (χ2v) is 4.76. The van der Waals surface area contributed by atoms with Crippen molar-refractivity contribution in [2.24, 2.45) is 0 Å². The zero-order chi connectivity index (χ0) is 13.2. The molecule has 2 aromatic heterocycles. The molecule has 1 N–H and O–H groups in total. The van der Waals surface area contributed by atoms with Crippen LogP contribution in [-0.2, 0) is 4.74 Å². The monoisotopic (exact) mass is 259 g/mol. The molecule has 1 fully saturated rings. The smallest absolute Gasteiger partial charge is 0.358 e. The van der Waals surface area contributed by atoms with Crippen molar-refractivity contribution < 1.29 is 9.53 Å². The molecule has 0 amide bonds. The number of rotatable bonds is 3. The van der Waals surface area contributed by atoms with Crippen LogP contribution in [0.3, 0.4) is 0 Å². The average molecular weight is 259 g/mol. The highest BCUT2D eigenvalue weighted by Gasteiger charge is 2.18. The summed E-state index contributed by atoms with van der Waals surface area (Å²) in [6.07, 6.45) is 4.82. The molecule has 1 unspecified atom stereocenters. The van der Waals surface area contributed by atoms with Gasteiger partial charge in [-0.05, 0) is 43.5 Å². The van der Waals surface area contributed by atoms with Crippen LogP contribution in [0, 0.1) is 0 Å². The van der Waals surface area contributed by atoms with Gasteiger partial charge in [0.05, 0.1) is 6.61 Å². The lowest BCUT2D eigenvalue weighted by Gasteiger charge is -2.08. The quantitative estimate of drug-likeness (QED) is 0.850. The van der Waals surface area contributed by atoms with Crippen molar-refractivity contribution in [3.8, 4) is 0 Å². The van der Waals surface area contributed by atoms with E-state index in [1.54, 1.807) is 13.1 Å². The van der Waals surface area contributed by atoms with E-state index in [2.05, 4.69) is 22.4 Å². The van der Waals surface area contributed by atoms with Gasteiger partial charge in [-0.1, -0.05) is 0 Å². The second-order valence-electron chi connectivity index (χ2n) is 4.76. The number of hydrogen-bond acceptors (Lipinski definition) is 4. The van der Waals surface area contributed by atoms with Gasteiger partial charge < -0.3 is 14.5 Å². The van der Waals surface area contributed by atoms with Crippen molar-refractivity contribution >= 4 is 11.6 Å². The van der Waals surface area contributed by atoms with E-state index in [0.29, 0.717) is 18.2 Å². The summed E-state index contributed by atoms with van der Waals surface area (Å²) >= 11 is 0. The summed E-state index contributed by atoms with van der Waals surface area (Å²) in [6, 6.07) is 4.15. The van der Waals surface area contributed by atoms with Crippen molar-refractivity contribution in [1.29, 1.82) is 0 Å². The molecule has 0 aromatic carbocycles. The molecule has 3 rings (SSSR count). The van der Waals surface area contributed by atoms with Gasteiger partial charge in [-0.25, -0.2) is 9.78 Å². The number of carbonyl (C=O) groups excluding carboxylic acids is 1. The second kappa shape index (κ2) is 5.01. The summed E-state index contributed by atoms with van der Waals surface area (Å²) in [4.78, 5) is 16.0. The van der Waals surface area contributed by atoms with Crippen LogP contribution >= 0.6 is 0 Å². The zero-order valence-electron chi connectivity index (χ0n) is 10.9. The fourth-order valence-electron chi connectivity index (χ4n) is 2.49. The van der Waals surface area contributed by atoms with Crippen LogP contribution in [0.4, 0.5) is 0 Å². The van der Waals surface area contributed by atoms with Gasteiger partial charge in [0.25, 0.3) is 0 Å². The zero-order valence-corrected chi connectivity index (χ0v) is 10.9. The van der Waals surface area contributed by atoms with Crippen LogP contribution in [0.2, 0.25) is 0 Å². The molecular weight excluding hydrogens is 242 g/mol. The summed E-state index contributed by atoms with van der Waals surface area (Å²) in [7, 11) is 0. The maximum Gasteiger partial charge on any atom is 0.358 e. The minimum Gasteiger partial charge on any atom is -0.461 e. The first-order chi connectivity index (χ1) is 9.28. The Morgan fingerprint density at radius 3 is 3.26 bits per heavy atom. The van der Waals surface area contributed by atoms with Crippen molar-refractivity contribution in [3.63, 3.8) is 0 Å². The molecule has 1 saturated heterocycles. The molecule has 5 nitrogen and oxygen atoms in total. The number of esters is 1. The number of ether oxygens (including phenoxy) is 1. The third-order valence-electron chi connectivity index (χ3n) is 3.50. The highest BCUT2D eigenvalue weighted by molar-refractivity contribution is 5.87. The molecule has 0 spiro atoms. The lowest BCUT2D eigenvalue weighted by atomic mass is 10.00. The Morgan fingerprint density at radius 1 is 1.63 bits per heavy atom. The Kier molecular flexibility index (Phi) is 3.21. The average Bonchev–Trinajstić information content (AvgIpc) is 3.07. The van der Waals surface area contributed by atoms with Crippen LogP contribution in [0.25, 0.3) is 5.65 Å². The number of fused-ring (bicyclic) bond motifs is 1. The molecule has 19 heavy (non-hydrogen) atoms. The van der Waals surface area contributed by atoms with E-state index in [4.69, 9.17) is 4.74 Å². The summed E-state index contributed by atoms with van der Waals surface area (Å²) in [5.74, 6) is 0.183. The van der Waals surface area contributed by atoms with Gasteiger partial charge in [-0.3, -0.25) is 0 Å². The lowest BCUT2D eigenvalue weighted by molar-refractivity contribution is 0.0520. The first kappa shape index (κ1) is 12.2. The number of nitrogens with zero attached hydrogens (tertiary/aromatic N) is 2. The molecule has 100 valence electrons. The van der Waals surface area contributed by atoms with Crippen LogP contribution < -0.4 is 5.32 Å². The maximum atomic E-state index is 11.6. The van der Waals surface area contributed by atoms with Gasteiger partial charge in [-0.15, -0.1) is 0 Å². The number of carbonyl (C=O) groups is 1. The van der Waals surface area contributed by atoms with Gasteiger partial charge in [0.1, 0.15) is 5.65 Å². The van der Waals surface area contributed by atoms with Gasteiger partial charge in [-0.2, -0.15) is 0 Å². The molecule has 3 heterocycles. The molecule has 5 heteroatoms. The molecular formula is C14H17N3O2. The van der Waals surface area contributed by atoms with Crippen LogP contribution in [-0.4, -0.2) is 35.1 Å².